The van der Waals surface area contributed by atoms with Gasteiger partial charge in [0.2, 0.25) is 5.89 Å². The fourth-order valence-electron chi connectivity index (χ4n) is 4.60. The molecular weight excluding hydrogens is 458 g/mol. The number of urea groups is 1. The van der Waals surface area contributed by atoms with Crippen LogP contribution in [-0.2, 0) is 5.41 Å². The molecule has 2 N–H and O–H groups in total. The molecule has 2 aliphatic heterocycles. The molecule has 0 unspecified atom stereocenters. The first kappa shape index (κ1) is 22.7. The van der Waals surface area contributed by atoms with Gasteiger partial charge in [-0.25, -0.2) is 9.59 Å². The third-order valence-electron chi connectivity index (χ3n) is 7.13. The van der Waals surface area contributed by atoms with Gasteiger partial charge in [0.05, 0.1) is 10.7 Å². The van der Waals surface area contributed by atoms with Crippen LogP contribution in [-0.4, -0.2) is 63.4 Å². The second kappa shape index (κ2) is 8.94. The Hall–Kier alpha value is -3.07. The summed E-state index contributed by atoms with van der Waals surface area (Å²) in [6.07, 6.45) is 5.23. The summed E-state index contributed by atoms with van der Waals surface area (Å²) < 4.78 is 5.45. The van der Waals surface area contributed by atoms with Crippen molar-refractivity contribution in [2.45, 2.75) is 50.4 Å². The van der Waals surface area contributed by atoms with Gasteiger partial charge in [-0.3, -0.25) is 0 Å². The van der Waals surface area contributed by atoms with Crippen LogP contribution in [0.2, 0.25) is 5.02 Å². The minimum Gasteiger partial charge on any atom is -0.465 e. The number of piperidine rings is 1. The standard InChI is InChI=1S/C24H28ClN5O4/c1-24(21-27-20(34-28-21)16-5-6-16)9-13-29(14-10-24)22(31)26-19-17(3-2-4-18(19)25)15-7-11-30(12-8-15)23(32)33/h2-4,7,16H,5-6,8-14H2,1H3,(H,26,31)(H,32,33). The molecule has 0 spiro atoms. The van der Waals surface area contributed by atoms with Gasteiger partial charge in [-0.05, 0) is 43.7 Å². The highest BCUT2D eigenvalue weighted by Crippen LogP contribution is 2.41. The molecule has 1 aromatic carbocycles. The quantitative estimate of drug-likeness (QED) is 0.633. The number of rotatable bonds is 4. The molecule has 180 valence electrons. The average molecular weight is 486 g/mol. The lowest BCUT2D eigenvalue weighted by Crippen LogP contribution is -2.46. The van der Waals surface area contributed by atoms with E-state index in [1.807, 2.05) is 18.2 Å². The largest absolute Gasteiger partial charge is 0.465 e. The van der Waals surface area contributed by atoms with Crippen LogP contribution in [0.15, 0.2) is 28.8 Å². The van der Waals surface area contributed by atoms with E-state index in [9.17, 15) is 14.7 Å². The summed E-state index contributed by atoms with van der Waals surface area (Å²) in [5, 5.41) is 16.9. The van der Waals surface area contributed by atoms with Crippen molar-refractivity contribution < 1.29 is 19.2 Å². The number of aromatic nitrogens is 2. The number of halogens is 1. The Morgan fingerprint density at radius 1 is 1.21 bits per heavy atom. The summed E-state index contributed by atoms with van der Waals surface area (Å²) in [6, 6.07) is 5.29. The minimum atomic E-state index is -0.934. The number of amides is 3. The van der Waals surface area contributed by atoms with Gasteiger partial charge in [0, 0.05) is 43.1 Å². The smallest absolute Gasteiger partial charge is 0.407 e. The van der Waals surface area contributed by atoms with Gasteiger partial charge in [0.1, 0.15) is 0 Å². The fourth-order valence-corrected chi connectivity index (χ4v) is 4.82. The molecule has 3 heterocycles. The van der Waals surface area contributed by atoms with Crippen LogP contribution in [0.1, 0.15) is 62.2 Å². The molecule has 0 atom stereocenters. The number of benzene rings is 1. The van der Waals surface area contributed by atoms with Gasteiger partial charge in [-0.1, -0.05) is 41.9 Å². The molecule has 1 aromatic heterocycles. The van der Waals surface area contributed by atoms with Crippen LogP contribution in [0, 0.1) is 0 Å². The summed E-state index contributed by atoms with van der Waals surface area (Å²) in [5.74, 6) is 1.90. The van der Waals surface area contributed by atoms with Gasteiger partial charge in [-0.15, -0.1) is 0 Å². The number of carbonyl (C=O) groups excluding carboxylic acids is 1. The van der Waals surface area contributed by atoms with Gasteiger partial charge in [-0.2, -0.15) is 4.98 Å². The van der Waals surface area contributed by atoms with E-state index in [0.29, 0.717) is 49.2 Å². The minimum absolute atomic E-state index is 0.202. The van der Waals surface area contributed by atoms with Crippen LogP contribution < -0.4 is 5.32 Å². The van der Waals surface area contributed by atoms with Crippen molar-refractivity contribution in [1.29, 1.82) is 0 Å². The summed E-state index contributed by atoms with van der Waals surface area (Å²) in [7, 11) is 0. The van der Waals surface area contributed by atoms with E-state index in [-0.39, 0.29) is 11.4 Å². The number of hydrogen-bond acceptors (Lipinski definition) is 5. The lowest BCUT2D eigenvalue weighted by atomic mass is 9.80. The molecule has 0 bridgehead atoms. The molecule has 3 amide bonds. The normalized spacial score (nSPS) is 20.1. The molecule has 10 heteroatoms. The Morgan fingerprint density at radius 2 is 1.97 bits per heavy atom. The van der Waals surface area contributed by atoms with Crippen LogP contribution in [0.5, 0.6) is 0 Å². The molecule has 2 fully saturated rings. The number of likely N-dealkylation sites (tertiary alicyclic amines) is 1. The van der Waals surface area contributed by atoms with E-state index < -0.39 is 6.09 Å². The molecule has 2 aromatic rings. The van der Waals surface area contributed by atoms with Crippen molar-refractivity contribution in [1.82, 2.24) is 19.9 Å². The van der Waals surface area contributed by atoms with Crippen molar-refractivity contribution in [3.8, 4) is 0 Å². The Bertz CT molecular complexity index is 1130. The maximum absolute atomic E-state index is 13.1. The highest BCUT2D eigenvalue weighted by molar-refractivity contribution is 6.34. The number of para-hydroxylation sites is 1. The Morgan fingerprint density at radius 3 is 2.62 bits per heavy atom. The van der Waals surface area contributed by atoms with Crippen LogP contribution >= 0.6 is 11.6 Å². The molecule has 1 saturated carbocycles. The van der Waals surface area contributed by atoms with E-state index in [2.05, 4.69) is 22.4 Å². The molecule has 9 nitrogen and oxygen atoms in total. The molecule has 5 rings (SSSR count). The predicted molar refractivity (Wildman–Crippen MR) is 127 cm³/mol. The third-order valence-corrected chi connectivity index (χ3v) is 7.45. The summed E-state index contributed by atoms with van der Waals surface area (Å²) in [6.45, 7) is 4.00. The van der Waals surface area contributed by atoms with E-state index in [1.165, 1.54) is 4.90 Å². The monoisotopic (exact) mass is 485 g/mol. The fraction of sp³-hybridized carbons (Fsp3) is 0.500. The molecule has 3 aliphatic rings. The molecular formula is C24H28ClN5O4. The number of carboxylic acid groups (broad SMARTS) is 1. The Balaban J connectivity index is 1.26. The number of hydrogen-bond donors (Lipinski definition) is 2. The maximum Gasteiger partial charge on any atom is 0.407 e. The highest BCUT2D eigenvalue weighted by Gasteiger charge is 2.39. The maximum atomic E-state index is 13.1. The van der Waals surface area contributed by atoms with Crippen LogP contribution in [0.4, 0.5) is 15.3 Å². The van der Waals surface area contributed by atoms with Gasteiger partial charge >= 0.3 is 12.1 Å². The van der Waals surface area contributed by atoms with E-state index >= 15 is 0 Å². The van der Waals surface area contributed by atoms with Crippen molar-refractivity contribution in [2.75, 3.05) is 31.5 Å². The number of anilines is 1. The summed E-state index contributed by atoms with van der Waals surface area (Å²) in [4.78, 5) is 32.1. The van der Waals surface area contributed by atoms with Crippen molar-refractivity contribution in [2.24, 2.45) is 0 Å². The first-order chi connectivity index (χ1) is 16.3. The lowest BCUT2D eigenvalue weighted by Gasteiger charge is -2.37. The zero-order valence-corrected chi connectivity index (χ0v) is 19.8. The van der Waals surface area contributed by atoms with Crippen molar-refractivity contribution in [3.05, 3.63) is 46.6 Å². The highest BCUT2D eigenvalue weighted by atomic mass is 35.5. The van der Waals surface area contributed by atoms with Crippen LogP contribution in [0.3, 0.4) is 0 Å². The first-order valence-corrected chi connectivity index (χ1v) is 12.1. The SMILES string of the molecule is CC1(c2noc(C3CC3)n2)CCN(C(=O)Nc2c(Cl)cccc2C2=CCN(C(=O)O)CC2)CC1. The van der Waals surface area contributed by atoms with E-state index in [1.54, 1.807) is 11.0 Å². The zero-order valence-electron chi connectivity index (χ0n) is 19.1. The second-order valence-corrected chi connectivity index (χ2v) is 9.99. The first-order valence-electron chi connectivity index (χ1n) is 11.7. The van der Waals surface area contributed by atoms with Gasteiger partial charge in [0.25, 0.3) is 0 Å². The number of carbonyl (C=O) groups is 2. The number of nitrogens with zero attached hydrogens (tertiary/aromatic N) is 4. The van der Waals surface area contributed by atoms with Crippen molar-refractivity contribution in [3.63, 3.8) is 0 Å². The third kappa shape index (κ3) is 4.49. The summed E-state index contributed by atoms with van der Waals surface area (Å²) in [5.41, 5.74) is 2.15. The molecule has 1 saturated heterocycles. The van der Waals surface area contributed by atoms with Gasteiger partial charge in [0.15, 0.2) is 5.82 Å². The Labute approximate surface area is 202 Å². The van der Waals surface area contributed by atoms with E-state index in [0.717, 1.165) is 48.5 Å². The Kier molecular flexibility index (Phi) is 5.97. The zero-order chi connectivity index (χ0) is 23.9. The number of nitrogens with one attached hydrogen (secondary N) is 1. The van der Waals surface area contributed by atoms with Crippen molar-refractivity contribution >= 4 is 35.0 Å². The lowest BCUT2D eigenvalue weighted by molar-refractivity contribution is 0.150. The molecule has 1 aliphatic carbocycles. The molecule has 0 radical (unpaired) electrons. The topological polar surface area (TPSA) is 112 Å². The summed E-state index contributed by atoms with van der Waals surface area (Å²) >= 11 is 6.48. The van der Waals surface area contributed by atoms with Gasteiger partial charge < -0.3 is 24.7 Å². The average Bonchev–Trinajstić information content (AvgIpc) is 3.56. The second-order valence-electron chi connectivity index (χ2n) is 9.58. The van der Waals surface area contributed by atoms with Crippen LogP contribution in [0.25, 0.3) is 5.57 Å². The predicted octanol–water partition coefficient (Wildman–Crippen LogP) is 4.95. The molecule has 34 heavy (non-hydrogen) atoms. The van der Waals surface area contributed by atoms with E-state index in [4.69, 9.17) is 16.1 Å².